The molecule has 0 radical (unpaired) electrons. The third-order valence-electron chi connectivity index (χ3n) is 6.24. The van der Waals surface area contributed by atoms with E-state index in [1.54, 1.807) is 24.3 Å². The van der Waals surface area contributed by atoms with Crippen LogP contribution in [0.4, 0.5) is 0 Å². The lowest BCUT2D eigenvalue weighted by Crippen LogP contribution is -2.52. The van der Waals surface area contributed by atoms with Crippen LogP contribution in [0.5, 0.6) is 5.75 Å². The van der Waals surface area contributed by atoms with E-state index in [0.717, 1.165) is 10.0 Å². The Bertz CT molecular complexity index is 1160. The summed E-state index contributed by atoms with van der Waals surface area (Å²) >= 11 is 19.2. The van der Waals surface area contributed by atoms with Gasteiger partial charge in [0.15, 0.2) is 5.78 Å². The molecule has 11 heteroatoms. The van der Waals surface area contributed by atoms with Gasteiger partial charge >= 0.3 is 0 Å². The number of alkyl halides is 2. The van der Waals surface area contributed by atoms with E-state index in [1.165, 1.54) is 25.3 Å². The Morgan fingerprint density at radius 3 is 2.00 bits per heavy atom. The smallest absolute Gasteiger partial charge is 0.273 e. The topological polar surface area (TPSA) is 84.0 Å². The first kappa shape index (κ1) is 26.1. The Kier molecular flexibility index (Phi) is 7.90. The van der Waals surface area contributed by atoms with Crippen LogP contribution in [0.2, 0.25) is 10.0 Å². The first-order valence-electron chi connectivity index (χ1n) is 10.7. The number of hydrazine groups is 1. The molecule has 0 aromatic heterocycles. The average Bonchev–Trinajstić information content (AvgIpc) is 3.08. The number of carbonyl (C=O) groups is 4. The van der Waals surface area contributed by atoms with Crippen molar-refractivity contribution >= 4 is 78.6 Å². The summed E-state index contributed by atoms with van der Waals surface area (Å²) in [7, 11) is 1.51. The second-order valence-corrected chi connectivity index (χ2v) is 11.5. The predicted molar refractivity (Wildman–Crippen MR) is 138 cm³/mol. The molecule has 0 spiro atoms. The summed E-state index contributed by atoms with van der Waals surface area (Å²) in [4.78, 5) is 53.5. The largest absolute Gasteiger partial charge is 0.497 e. The number of fused-ring (bicyclic) bond motifs is 1. The Morgan fingerprint density at radius 2 is 1.49 bits per heavy atom. The summed E-state index contributed by atoms with van der Waals surface area (Å²) in [6.45, 7) is -0.516. The van der Waals surface area contributed by atoms with Crippen molar-refractivity contribution in [3.05, 3.63) is 63.6 Å². The molecule has 2 aromatic carbocycles. The van der Waals surface area contributed by atoms with Gasteiger partial charge in [0.25, 0.3) is 17.7 Å². The number of methoxy groups -OCH3 is 1. The van der Waals surface area contributed by atoms with Gasteiger partial charge in [-0.15, -0.1) is 0 Å². The van der Waals surface area contributed by atoms with E-state index in [4.69, 9.17) is 27.9 Å². The van der Waals surface area contributed by atoms with Crippen LogP contribution in [0, 0.1) is 11.8 Å². The molecule has 0 unspecified atom stereocenters. The number of halogens is 4. The molecule has 1 aliphatic carbocycles. The molecule has 4 rings (SSSR count). The zero-order valence-electron chi connectivity index (χ0n) is 18.4. The average molecular weight is 647 g/mol. The molecule has 35 heavy (non-hydrogen) atoms. The fourth-order valence-corrected chi connectivity index (χ4v) is 5.87. The van der Waals surface area contributed by atoms with Gasteiger partial charge in [-0.25, -0.2) is 5.01 Å². The number of hydrogen-bond acceptors (Lipinski definition) is 5. The molecular weight excluding hydrogens is 627 g/mol. The highest BCUT2D eigenvalue weighted by atomic mass is 79.9. The SMILES string of the molecule is COc1ccc(C(=O)CN(C(=O)c2ccc(Cl)c(Cl)c2)N2C(=O)[C@H]3C[C@H](Br)[C@@H](Br)C[C@H]3C2=O)cc1. The lowest BCUT2D eigenvalue weighted by atomic mass is 9.81. The Hall–Kier alpha value is -1.94. The summed E-state index contributed by atoms with van der Waals surface area (Å²) < 4.78 is 5.12. The van der Waals surface area contributed by atoms with Crippen molar-refractivity contribution in [1.82, 2.24) is 10.0 Å². The second kappa shape index (κ2) is 10.6. The Balaban J connectivity index is 1.70. The molecule has 7 nitrogen and oxygen atoms in total. The van der Waals surface area contributed by atoms with E-state index in [0.29, 0.717) is 24.2 Å². The number of hydrogen-bond donors (Lipinski definition) is 0. The maximum absolute atomic E-state index is 13.6. The van der Waals surface area contributed by atoms with Gasteiger partial charge in [0, 0.05) is 20.8 Å². The van der Waals surface area contributed by atoms with Crippen molar-refractivity contribution in [2.75, 3.05) is 13.7 Å². The van der Waals surface area contributed by atoms with E-state index in [2.05, 4.69) is 31.9 Å². The molecule has 1 saturated heterocycles. The minimum atomic E-state index is -0.712. The molecule has 1 heterocycles. The Labute approximate surface area is 228 Å². The second-order valence-electron chi connectivity index (χ2n) is 8.35. The predicted octanol–water partition coefficient (Wildman–Crippen LogP) is 5.16. The van der Waals surface area contributed by atoms with E-state index < -0.39 is 41.9 Å². The number of amides is 3. The number of imide groups is 1. The van der Waals surface area contributed by atoms with Gasteiger partial charge in [-0.2, -0.15) is 5.01 Å². The molecule has 0 N–H and O–H groups in total. The van der Waals surface area contributed by atoms with Gasteiger partial charge in [0.05, 0.1) is 29.0 Å². The zero-order valence-corrected chi connectivity index (χ0v) is 23.1. The molecule has 3 amide bonds. The van der Waals surface area contributed by atoms with Gasteiger partial charge < -0.3 is 4.74 Å². The quantitative estimate of drug-likeness (QED) is 0.246. The highest BCUT2D eigenvalue weighted by Crippen LogP contribution is 2.43. The van der Waals surface area contributed by atoms with Crippen LogP contribution in [-0.4, -0.2) is 56.8 Å². The van der Waals surface area contributed by atoms with Crippen molar-refractivity contribution in [2.24, 2.45) is 11.8 Å². The van der Waals surface area contributed by atoms with Crippen LogP contribution in [0.1, 0.15) is 33.6 Å². The van der Waals surface area contributed by atoms with Crippen molar-refractivity contribution in [3.8, 4) is 5.75 Å². The van der Waals surface area contributed by atoms with E-state index in [-0.39, 0.29) is 25.3 Å². The number of ether oxygens (including phenoxy) is 1. The van der Waals surface area contributed by atoms with Gasteiger partial charge in [0.1, 0.15) is 12.3 Å². The molecule has 184 valence electrons. The molecule has 1 saturated carbocycles. The van der Waals surface area contributed by atoms with Crippen molar-refractivity contribution < 1.29 is 23.9 Å². The summed E-state index contributed by atoms with van der Waals surface area (Å²) in [5.41, 5.74) is 0.393. The lowest BCUT2D eigenvalue weighted by Gasteiger charge is -2.30. The minimum Gasteiger partial charge on any atom is -0.497 e. The summed E-state index contributed by atoms with van der Waals surface area (Å²) in [6.07, 6.45) is 0.867. The number of Topliss-reactive ketones (excluding diaryl/α,β-unsaturated/α-hetero) is 1. The van der Waals surface area contributed by atoms with Crippen LogP contribution in [-0.2, 0) is 9.59 Å². The van der Waals surface area contributed by atoms with Gasteiger partial charge in [-0.1, -0.05) is 55.1 Å². The fraction of sp³-hybridized carbons (Fsp3) is 0.333. The zero-order chi connectivity index (χ0) is 25.4. The summed E-state index contributed by atoms with van der Waals surface area (Å²) in [6, 6.07) is 10.6. The van der Waals surface area contributed by atoms with E-state index in [1.807, 2.05) is 0 Å². The maximum Gasteiger partial charge on any atom is 0.273 e. The van der Waals surface area contributed by atoms with E-state index in [9.17, 15) is 19.2 Å². The molecule has 2 fully saturated rings. The maximum atomic E-state index is 13.6. The van der Waals surface area contributed by atoms with Crippen LogP contribution in [0.3, 0.4) is 0 Å². The third kappa shape index (κ3) is 5.14. The number of carbonyl (C=O) groups excluding carboxylic acids is 4. The van der Waals surface area contributed by atoms with Gasteiger partial charge in [0.2, 0.25) is 0 Å². The molecule has 4 atom stereocenters. The van der Waals surface area contributed by atoms with Crippen molar-refractivity contribution in [2.45, 2.75) is 22.5 Å². The van der Waals surface area contributed by atoms with Crippen LogP contribution < -0.4 is 4.74 Å². The molecular formula is C24H20Br2Cl2N2O5. The number of benzene rings is 2. The monoisotopic (exact) mass is 644 g/mol. The normalized spacial score (nSPS) is 23.7. The van der Waals surface area contributed by atoms with E-state index >= 15 is 0 Å². The number of ketones is 1. The first-order valence-corrected chi connectivity index (χ1v) is 13.3. The first-order chi connectivity index (χ1) is 16.6. The molecule has 2 aliphatic rings. The molecule has 2 aromatic rings. The lowest BCUT2D eigenvalue weighted by molar-refractivity contribution is -0.154. The highest BCUT2D eigenvalue weighted by molar-refractivity contribution is 9.12. The van der Waals surface area contributed by atoms with Gasteiger partial charge in [-0.3, -0.25) is 19.2 Å². The van der Waals surface area contributed by atoms with Crippen LogP contribution in [0.25, 0.3) is 0 Å². The number of nitrogens with zero attached hydrogens (tertiary/aromatic N) is 2. The fourth-order valence-electron chi connectivity index (χ4n) is 4.33. The molecule has 0 bridgehead atoms. The van der Waals surface area contributed by atoms with Crippen LogP contribution >= 0.6 is 55.1 Å². The highest BCUT2D eigenvalue weighted by Gasteiger charge is 2.54. The van der Waals surface area contributed by atoms with Gasteiger partial charge in [-0.05, 0) is 55.3 Å². The summed E-state index contributed by atoms with van der Waals surface area (Å²) in [5.74, 6) is -2.76. The standard InChI is InChI=1S/C24H20Br2Cl2N2O5/c1-35-14-5-2-12(3-6-14)21(31)11-29(22(32)13-4-7-19(27)20(28)8-13)30-23(33)15-9-17(25)18(26)10-16(15)24(30)34/h2-8,15-18H,9-11H2,1H3/t15-,16+,17-,18-/m0/s1. The summed E-state index contributed by atoms with van der Waals surface area (Å²) in [5, 5.41) is 2.14. The minimum absolute atomic E-state index is 0.000560. The van der Waals surface area contributed by atoms with Crippen LogP contribution in [0.15, 0.2) is 42.5 Å². The molecule has 1 aliphatic heterocycles. The Morgan fingerprint density at radius 1 is 0.943 bits per heavy atom. The van der Waals surface area contributed by atoms with Crippen molar-refractivity contribution in [1.29, 1.82) is 0 Å². The van der Waals surface area contributed by atoms with Crippen molar-refractivity contribution in [3.63, 3.8) is 0 Å². The number of rotatable bonds is 6. The third-order valence-corrected chi connectivity index (χ3v) is 9.71.